The summed E-state index contributed by atoms with van der Waals surface area (Å²) in [5.74, 6) is 0.774. The lowest BCUT2D eigenvalue weighted by Gasteiger charge is -2.13. The van der Waals surface area contributed by atoms with Gasteiger partial charge in [0, 0.05) is 44.3 Å². The van der Waals surface area contributed by atoms with Crippen molar-refractivity contribution in [1.82, 2.24) is 10.6 Å². The maximum Gasteiger partial charge on any atom is 0.219 e. The molecule has 0 aromatic heterocycles. The number of methoxy groups -OCH3 is 1. The summed E-state index contributed by atoms with van der Waals surface area (Å²) < 4.78 is 10.7. The van der Waals surface area contributed by atoms with Gasteiger partial charge in [0.15, 0.2) is 0 Å². The average Bonchev–Trinajstić information content (AvgIpc) is 2.49. The van der Waals surface area contributed by atoms with Crippen molar-refractivity contribution in [3.63, 3.8) is 0 Å². The van der Waals surface area contributed by atoms with Gasteiger partial charge in [0.1, 0.15) is 5.75 Å². The van der Waals surface area contributed by atoms with Crippen LogP contribution in [0.1, 0.15) is 18.4 Å². The van der Waals surface area contributed by atoms with Crippen LogP contribution in [-0.2, 0) is 16.1 Å². The van der Waals surface area contributed by atoms with E-state index in [1.54, 1.807) is 14.2 Å². The topological polar surface area (TPSA) is 59.6 Å². The molecule has 2 N–H and O–H groups in total. The average molecular weight is 315 g/mol. The molecule has 0 radical (unpaired) electrons. The molecular weight excluding hydrogens is 292 g/mol. The van der Waals surface area contributed by atoms with Crippen LogP contribution in [0.2, 0.25) is 5.02 Å². The molecule has 1 rings (SSSR count). The van der Waals surface area contributed by atoms with Crippen LogP contribution in [0.5, 0.6) is 5.75 Å². The fourth-order valence-electron chi connectivity index (χ4n) is 1.77. The molecule has 1 aromatic carbocycles. The van der Waals surface area contributed by atoms with E-state index in [9.17, 15) is 4.79 Å². The Morgan fingerprint density at radius 1 is 1.33 bits per heavy atom. The van der Waals surface area contributed by atoms with E-state index in [-0.39, 0.29) is 5.91 Å². The highest BCUT2D eigenvalue weighted by molar-refractivity contribution is 6.31. The number of amides is 1. The van der Waals surface area contributed by atoms with Gasteiger partial charge in [-0.15, -0.1) is 0 Å². The lowest BCUT2D eigenvalue weighted by molar-refractivity contribution is -0.120. The number of hydrogen-bond acceptors (Lipinski definition) is 4. The molecule has 0 saturated heterocycles. The maximum absolute atomic E-state index is 11.1. The second-order valence-electron chi connectivity index (χ2n) is 4.51. The summed E-state index contributed by atoms with van der Waals surface area (Å²) in [6, 6.07) is 5.58. The van der Waals surface area contributed by atoms with E-state index in [0.717, 1.165) is 17.9 Å². The minimum Gasteiger partial charge on any atom is -0.493 e. The number of benzene rings is 1. The van der Waals surface area contributed by atoms with Gasteiger partial charge in [0.2, 0.25) is 5.91 Å². The van der Waals surface area contributed by atoms with E-state index < -0.39 is 0 Å². The van der Waals surface area contributed by atoms with Gasteiger partial charge in [-0.3, -0.25) is 4.79 Å². The first-order valence-electron chi connectivity index (χ1n) is 6.99. The Bertz CT molecular complexity index is 441. The molecule has 1 amide bonds. The summed E-state index contributed by atoms with van der Waals surface area (Å²) in [5, 5.41) is 6.50. The van der Waals surface area contributed by atoms with Crippen LogP contribution in [0.25, 0.3) is 0 Å². The van der Waals surface area contributed by atoms with Crippen molar-refractivity contribution in [2.45, 2.75) is 19.4 Å². The number of rotatable bonds is 10. The molecule has 0 bridgehead atoms. The minimum absolute atomic E-state index is 0.0196. The molecule has 0 aliphatic heterocycles. The molecule has 0 aliphatic rings. The van der Waals surface area contributed by atoms with Crippen molar-refractivity contribution in [3.05, 3.63) is 28.8 Å². The van der Waals surface area contributed by atoms with Crippen molar-refractivity contribution < 1.29 is 14.3 Å². The predicted molar refractivity (Wildman–Crippen MR) is 83.8 cm³/mol. The zero-order valence-electron chi connectivity index (χ0n) is 12.6. The van der Waals surface area contributed by atoms with Crippen molar-refractivity contribution in [3.8, 4) is 5.75 Å². The molecule has 0 spiro atoms. The van der Waals surface area contributed by atoms with Gasteiger partial charge in [-0.1, -0.05) is 17.7 Å². The van der Waals surface area contributed by atoms with Crippen LogP contribution in [-0.4, -0.2) is 39.8 Å². The Labute approximate surface area is 131 Å². The Morgan fingerprint density at radius 2 is 2.14 bits per heavy atom. The van der Waals surface area contributed by atoms with E-state index in [2.05, 4.69) is 10.6 Å². The first-order valence-corrected chi connectivity index (χ1v) is 7.37. The smallest absolute Gasteiger partial charge is 0.219 e. The van der Waals surface area contributed by atoms with Gasteiger partial charge in [-0.05, 0) is 18.6 Å². The zero-order chi connectivity index (χ0) is 15.5. The largest absolute Gasteiger partial charge is 0.493 e. The molecular formula is C15H23ClN2O3. The monoisotopic (exact) mass is 314 g/mol. The summed E-state index contributed by atoms with van der Waals surface area (Å²) in [5.41, 5.74) is 0.926. The highest BCUT2D eigenvalue weighted by Crippen LogP contribution is 2.26. The molecule has 0 saturated carbocycles. The van der Waals surface area contributed by atoms with E-state index in [1.165, 1.54) is 0 Å². The van der Waals surface area contributed by atoms with Gasteiger partial charge >= 0.3 is 0 Å². The quantitative estimate of drug-likeness (QED) is 0.648. The third-order valence-corrected chi connectivity index (χ3v) is 3.30. The SMILES string of the molecule is CNC(=O)CCCOc1cccc(Cl)c1CNCCOC. The molecule has 0 aliphatic carbocycles. The van der Waals surface area contributed by atoms with Crippen molar-refractivity contribution in [1.29, 1.82) is 0 Å². The zero-order valence-corrected chi connectivity index (χ0v) is 13.3. The first-order chi connectivity index (χ1) is 10.2. The standard InChI is InChI=1S/C15H23ClN2O3/c1-17-15(19)7-4-9-21-14-6-3-5-13(16)12(14)11-18-8-10-20-2/h3,5-6,18H,4,7-11H2,1-2H3,(H,17,19). The molecule has 0 atom stereocenters. The Hall–Kier alpha value is -1.30. The van der Waals surface area contributed by atoms with Crippen molar-refractivity contribution in [2.75, 3.05) is 33.9 Å². The molecule has 0 heterocycles. The summed E-state index contributed by atoms with van der Waals surface area (Å²) in [7, 11) is 3.29. The lowest BCUT2D eigenvalue weighted by atomic mass is 10.2. The normalized spacial score (nSPS) is 10.4. The number of ether oxygens (including phenoxy) is 2. The third-order valence-electron chi connectivity index (χ3n) is 2.95. The van der Waals surface area contributed by atoms with E-state index >= 15 is 0 Å². The van der Waals surface area contributed by atoms with Gasteiger partial charge in [-0.2, -0.15) is 0 Å². The maximum atomic E-state index is 11.1. The first kappa shape index (κ1) is 17.8. The van der Waals surface area contributed by atoms with E-state index in [4.69, 9.17) is 21.1 Å². The van der Waals surface area contributed by atoms with Crippen LogP contribution in [0.3, 0.4) is 0 Å². The third kappa shape index (κ3) is 6.80. The number of hydrogen-bond donors (Lipinski definition) is 2. The van der Waals surface area contributed by atoms with E-state index in [1.807, 2.05) is 18.2 Å². The van der Waals surface area contributed by atoms with Crippen LogP contribution in [0.4, 0.5) is 0 Å². The minimum atomic E-state index is 0.0196. The summed E-state index contributed by atoms with van der Waals surface area (Å²) >= 11 is 6.21. The highest BCUT2D eigenvalue weighted by atomic mass is 35.5. The van der Waals surface area contributed by atoms with Gasteiger partial charge < -0.3 is 20.1 Å². The van der Waals surface area contributed by atoms with Crippen LogP contribution < -0.4 is 15.4 Å². The van der Waals surface area contributed by atoms with Crippen LogP contribution in [0, 0.1) is 0 Å². The second kappa shape index (κ2) is 10.4. The predicted octanol–water partition coefficient (Wildman–Crippen LogP) is 1.98. The van der Waals surface area contributed by atoms with Gasteiger partial charge in [-0.25, -0.2) is 0 Å². The van der Waals surface area contributed by atoms with E-state index in [0.29, 0.717) is 37.6 Å². The molecule has 118 valence electrons. The Balaban J connectivity index is 2.48. The lowest BCUT2D eigenvalue weighted by Crippen LogP contribution is -2.20. The molecule has 6 heteroatoms. The fraction of sp³-hybridized carbons (Fsp3) is 0.533. The molecule has 5 nitrogen and oxygen atoms in total. The van der Waals surface area contributed by atoms with Crippen LogP contribution in [0.15, 0.2) is 18.2 Å². The summed E-state index contributed by atoms with van der Waals surface area (Å²) in [6.07, 6.45) is 1.13. The number of carbonyl (C=O) groups excluding carboxylic acids is 1. The molecule has 0 fully saturated rings. The van der Waals surface area contributed by atoms with Gasteiger partial charge in [0.05, 0.1) is 13.2 Å². The summed E-state index contributed by atoms with van der Waals surface area (Å²) in [6.45, 7) is 2.50. The number of carbonyl (C=O) groups is 1. The number of nitrogens with one attached hydrogen (secondary N) is 2. The highest BCUT2D eigenvalue weighted by Gasteiger charge is 2.08. The molecule has 1 aromatic rings. The van der Waals surface area contributed by atoms with Crippen molar-refractivity contribution >= 4 is 17.5 Å². The Kier molecular flexibility index (Phi) is 8.82. The molecule has 0 unspecified atom stereocenters. The van der Waals surface area contributed by atoms with Gasteiger partial charge in [0.25, 0.3) is 0 Å². The van der Waals surface area contributed by atoms with Crippen molar-refractivity contribution in [2.24, 2.45) is 0 Å². The van der Waals surface area contributed by atoms with Crippen LogP contribution >= 0.6 is 11.6 Å². The second-order valence-corrected chi connectivity index (χ2v) is 4.92. The molecule has 21 heavy (non-hydrogen) atoms. The fourth-order valence-corrected chi connectivity index (χ4v) is 2.01. The number of halogens is 1. The Morgan fingerprint density at radius 3 is 2.86 bits per heavy atom. The summed E-state index contributed by atoms with van der Waals surface area (Å²) in [4.78, 5) is 11.1.